The van der Waals surface area contributed by atoms with Gasteiger partial charge in [-0.05, 0) is 43.6 Å². The Morgan fingerprint density at radius 2 is 2.21 bits per heavy atom. The monoisotopic (exact) mass is 421 g/mol. The average Bonchev–Trinajstić information content (AvgIpc) is 3.28. The third kappa shape index (κ3) is 3.86. The number of fused-ring (bicyclic) bond motifs is 3. The summed E-state index contributed by atoms with van der Waals surface area (Å²) < 4.78 is 7.54. The third-order valence-electron chi connectivity index (χ3n) is 5.61. The van der Waals surface area contributed by atoms with Crippen LogP contribution in [-0.4, -0.2) is 52.9 Å². The number of carbonyl (C=O) groups is 1. The van der Waals surface area contributed by atoms with Crippen LogP contribution in [0.15, 0.2) is 9.95 Å². The normalized spacial score (nSPS) is 21.8. The molecule has 2 aromatic rings. The molecule has 1 aliphatic heterocycles. The van der Waals surface area contributed by atoms with Gasteiger partial charge in [-0.15, -0.1) is 11.3 Å². The molecule has 152 valence electrons. The molecule has 1 aliphatic carbocycles. The Morgan fingerprint density at radius 3 is 2.93 bits per heavy atom. The number of nitrogens with zero attached hydrogens (tertiary/aromatic N) is 3. The zero-order chi connectivity index (χ0) is 19.8. The zero-order valence-electron chi connectivity index (χ0n) is 16.7. The van der Waals surface area contributed by atoms with E-state index in [-0.39, 0.29) is 23.3 Å². The van der Waals surface area contributed by atoms with Crippen LogP contribution in [-0.2, 0) is 28.9 Å². The van der Waals surface area contributed by atoms with Gasteiger partial charge in [0.1, 0.15) is 4.83 Å². The predicted molar refractivity (Wildman–Crippen MR) is 113 cm³/mol. The van der Waals surface area contributed by atoms with Crippen LogP contribution in [0.3, 0.4) is 0 Å². The van der Waals surface area contributed by atoms with Gasteiger partial charge in [0.05, 0.1) is 23.8 Å². The average molecular weight is 422 g/mol. The zero-order valence-corrected chi connectivity index (χ0v) is 18.3. The van der Waals surface area contributed by atoms with Gasteiger partial charge in [0.2, 0.25) is 5.91 Å². The van der Waals surface area contributed by atoms with E-state index in [1.54, 1.807) is 34.9 Å². The minimum Gasteiger partial charge on any atom is -0.376 e. The molecule has 2 aliphatic rings. The van der Waals surface area contributed by atoms with Gasteiger partial charge >= 0.3 is 0 Å². The minimum atomic E-state index is 0.0160. The highest BCUT2D eigenvalue weighted by Gasteiger charge is 2.26. The van der Waals surface area contributed by atoms with E-state index in [1.807, 2.05) is 0 Å². The predicted octanol–water partition coefficient (Wildman–Crippen LogP) is 2.94. The van der Waals surface area contributed by atoms with Gasteiger partial charge in [0.15, 0.2) is 5.16 Å². The summed E-state index contributed by atoms with van der Waals surface area (Å²) in [5.74, 6) is 0.946. The van der Waals surface area contributed by atoms with Gasteiger partial charge in [0.25, 0.3) is 5.56 Å². The number of hydrogen-bond acceptors (Lipinski definition) is 6. The Kier molecular flexibility index (Phi) is 5.81. The van der Waals surface area contributed by atoms with Crippen molar-refractivity contribution < 1.29 is 9.53 Å². The molecule has 0 radical (unpaired) electrons. The summed E-state index contributed by atoms with van der Waals surface area (Å²) in [4.78, 5) is 34.1. The van der Waals surface area contributed by atoms with Crippen molar-refractivity contribution in [3.05, 3.63) is 20.8 Å². The standard InChI is InChI=1S/C20H27N3O3S2/c1-12-6-7-14-15(9-12)28-18-17(14)19(25)23(10-13-5-4-8-26-13)20(21-18)27-11-16(24)22(2)3/h12-13H,4-11H2,1-3H3/t12-,13+/m0/s1. The van der Waals surface area contributed by atoms with Crippen LogP contribution in [0.1, 0.15) is 36.6 Å². The molecular formula is C20H27N3O3S2. The number of ether oxygens (including phenoxy) is 1. The minimum absolute atomic E-state index is 0.0160. The van der Waals surface area contributed by atoms with Crippen LogP contribution < -0.4 is 5.56 Å². The van der Waals surface area contributed by atoms with Gasteiger partial charge in [-0.3, -0.25) is 14.2 Å². The van der Waals surface area contributed by atoms with E-state index < -0.39 is 0 Å². The van der Waals surface area contributed by atoms with Crippen molar-refractivity contribution in [2.24, 2.45) is 5.92 Å². The number of thiophene rings is 1. The Balaban J connectivity index is 1.76. The van der Waals surface area contributed by atoms with E-state index in [1.165, 1.54) is 22.2 Å². The van der Waals surface area contributed by atoms with E-state index in [0.29, 0.717) is 17.6 Å². The second-order valence-corrected chi connectivity index (χ2v) is 10.1. The van der Waals surface area contributed by atoms with Crippen LogP contribution in [0.5, 0.6) is 0 Å². The Hall–Kier alpha value is -1.38. The van der Waals surface area contributed by atoms with Crippen molar-refractivity contribution >= 4 is 39.2 Å². The van der Waals surface area contributed by atoms with E-state index in [9.17, 15) is 9.59 Å². The second-order valence-electron chi connectivity index (χ2n) is 8.05. The van der Waals surface area contributed by atoms with Crippen molar-refractivity contribution in [1.82, 2.24) is 14.5 Å². The number of carbonyl (C=O) groups excluding carboxylic acids is 1. The van der Waals surface area contributed by atoms with Crippen LogP contribution in [0.4, 0.5) is 0 Å². The second kappa shape index (κ2) is 8.16. The van der Waals surface area contributed by atoms with Gasteiger partial charge in [-0.1, -0.05) is 18.7 Å². The van der Waals surface area contributed by atoms with Gasteiger partial charge < -0.3 is 9.64 Å². The highest BCUT2D eigenvalue weighted by atomic mass is 32.2. The van der Waals surface area contributed by atoms with Gasteiger partial charge in [-0.2, -0.15) is 0 Å². The summed E-state index contributed by atoms with van der Waals surface area (Å²) in [5, 5.41) is 1.43. The lowest BCUT2D eigenvalue weighted by Gasteiger charge is -2.18. The van der Waals surface area contributed by atoms with E-state index in [0.717, 1.165) is 48.9 Å². The van der Waals surface area contributed by atoms with Crippen LogP contribution in [0, 0.1) is 5.92 Å². The summed E-state index contributed by atoms with van der Waals surface area (Å²) >= 11 is 3.01. The summed E-state index contributed by atoms with van der Waals surface area (Å²) in [7, 11) is 3.49. The fourth-order valence-corrected chi connectivity index (χ4v) is 6.33. The smallest absolute Gasteiger partial charge is 0.263 e. The lowest BCUT2D eigenvalue weighted by Crippen LogP contribution is -2.30. The molecule has 1 fully saturated rings. The molecule has 1 saturated heterocycles. The molecule has 8 heteroatoms. The molecule has 0 bridgehead atoms. The molecule has 0 spiro atoms. The van der Waals surface area contributed by atoms with Crippen molar-refractivity contribution in [2.45, 2.75) is 56.8 Å². The number of amides is 1. The maximum atomic E-state index is 13.5. The topological polar surface area (TPSA) is 64.4 Å². The lowest BCUT2D eigenvalue weighted by molar-refractivity contribution is -0.125. The fourth-order valence-electron chi connectivity index (χ4n) is 3.92. The van der Waals surface area contributed by atoms with E-state index in [2.05, 4.69) is 6.92 Å². The summed E-state index contributed by atoms with van der Waals surface area (Å²) in [6, 6.07) is 0. The Morgan fingerprint density at radius 1 is 1.39 bits per heavy atom. The molecule has 28 heavy (non-hydrogen) atoms. The fraction of sp³-hybridized carbons (Fsp3) is 0.650. The molecule has 6 nitrogen and oxygen atoms in total. The first-order valence-corrected chi connectivity index (χ1v) is 11.7. The number of hydrogen-bond donors (Lipinski definition) is 0. The summed E-state index contributed by atoms with van der Waals surface area (Å²) in [6.45, 7) is 3.54. The van der Waals surface area contributed by atoms with E-state index in [4.69, 9.17) is 9.72 Å². The maximum Gasteiger partial charge on any atom is 0.263 e. The van der Waals surface area contributed by atoms with E-state index >= 15 is 0 Å². The van der Waals surface area contributed by atoms with Crippen molar-refractivity contribution in [3.63, 3.8) is 0 Å². The molecule has 4 rings (SSSR count). The maximum absolute atomic E-state index is 13.5. The van der Waals surface area contributed by atoms with Crippen LogP contribution >= 0.6 is 23.1 Å². The van der Waals surface area contributed by atoms with Crippen molar-refractivity contribution in [3.8, 4) is 0 Å². The quantitative estimate of drug-likeness (QED) is 0.549. The first-order chi connectivity index (χ1) is 13.4. The highest BCUT2D eigenvalue weighted by molar-refractivity contribution is 7.99. The van der Waals surface area contributed by atoms with Crippen molar-refractivity contribution in [2.75, 3.05) is 26.5 Å². The molecule has 0 unspecified atom stereocenters. The summed E-state index contributed by atoms with van der Waals surface area (Å²) in [5.41, 5.74) is 1.24. The molecule has 3 heterocycles. The summed E-state index contributed by atoms with van der Waals surface area (Å²) in [6.07, 6.45) is 5.16. The highest BCUT2D eigenvalue weighted by Crippen LogP contribution is 2.36. The van der Waals surface area contributed by atoms with Gasteiger partial charge in [0, 0.05) is 25.6 Å². The Bertz CT molecular complexity index is 944. The Labute approximate surface area is 173 Å². The number of aryl methyl sites for hydroxylation is 1. The first kappa shape index (κ1) is 19.9. The van der Waals surface area contributed by atoms with Gasteiger partial charge in [-0.25, -0.2) is 4.98 Å². The molecule has 1 amide bonds. The molecule has 0 saturated carbocycles. The van der Waals surface area contributed by atoms with Crippen LogP contribution in [0.2, 0.25) is 0 Å². The largest absolute Gasteiger partial charge is 0.376 e. The number of rotatable bonds is 5. The van der Waals surface area contributed by atoms with Crippen molar-refractivity contribution in [1.29, 1.82) is 0 Å². The first-order valence-electron chi connectivity index (χ1n) is 9.93. The molecule has 0 aromatic carbocycles. The molecular weight excluding hydrogens is 394 g/mol. The number of aromatic nitrogens is 2. The van der Waals surface area contributed by atoms with Crippen LogP contribution in [0.25, 0.3) is 10.2 Å². The lowest BCUT2D eigenvalue weighted by atomic mass is 9.89. The third-order valence-corrected chi connectivity index (χ3v) is 7.72. The number of thioether (sulfide) groups is 1. The SMILES string of the molecule is C[C@H]1CCc2c(sc3nc(SCC(=O)N(C)C)n(C[C@H]4CCCO4)c(=O)c23)C1. The molecule has 2 aromatic heterocycles. The molecule has 2 atom stereocenters. The molecule has 0 N–H and O–H groups in total.